The third-order valence-electron chi connectivity index (χ3n) is 2.35. The molecular weight excluding hydrogens is 144 g/mol. The van der Waals surface area contributed by atoms with Crippen molar-refractivity contribution in [2.75, 3.05) is 0 Å². The Morgan fingerprint density at radius 2 is 1.92 bits per heavy atom. The molecule has 0 amide bonds. The summed E-state index contributed by atoms with van der Waals surface area (Å²) in [4.78, 5) is 0. The van der Waals surface area contributed by atoms with Crippen LogP contribution < -0.4 is 0 Å². The van der Waals surface area contributed by atoms with Gasteiger partial charge in [0.15, 0.2) is 0 Å². The summed E-state index contributed by atoms with van der Waals surface area (Å²) in [7, 11) is 0. The molecule has 1 rings (SSSR count). The summed E-state index contributed by atoms with van der Waals surface area (Å²) < 4.78 is 0. The molecular formula is C12H16. The highest BCUT2D eigenvalue weighted by Gasteiger charge is 2.00. The Kier molecular flexibility index (Phi) is 3.09. The largest absolute Gasteiger partial charge is 0.0985 e. The van der Waals surface area contributed by atoms with Crippen LogP contribution in [0.4, 0.5) is 0 Å². The molecule has 1 aromatic rings. The lowest BCUT2D eigenvalue weighted by Crippen LogP contribution is -1.90. The van der Waals surface area contributed by atoms with E-state index in [9.17, 15) is 0 Å². The SMILES string of the molecule is C=Cc1ccc([C@@H](C)CC)cc1. The minimum Gasteiger partial charge on any atom is -0.0985 e. The standard InChI is InChI=1S/C12H16/c1-4-10(3)12-8-6-11(5-2)7-9-12/h5-10H,2,4H2,1,3H3/t10-/m0/s1. The number of hydrogen-bond donors (Lipinski definition) is 0. The minimum atomic E-state index is 0.670. The fourth-order valence-electron chi connectivity index (χ4n) is 1.20. The predicted octanol–water partition coefficient (Wildman–Crippen LogP) is 3.84. The first-order chi connectivity index (χ1) is 5.77. The zero-order chi connectivity index (χ0) is 8.97. The molecule has 0 saturated carbocycles. The molecule has 0 fully saturated rings. The average Bonchev–Trinajstić information content (AvgIpc) is 2.17. The van der Waals surface area contributed by atoms with Gasteiger partial charge in [0.05, 0.1) is 0 Å². The molecule has 0 heterocycles. The van der Waals surface area contributed by atoms with Crippen LogP contribution in [0.1, 0.15) is 37.3 Å². The molecule has 0 heteroatoms. The van der Waals surface area contributed by atoms with Crippen molar-refractivity contribution in [3.05, 3.63) is 42.0 Å². The van der Waals surface area contributed by atoms with Crippen molar-refractivity contribution in [2.45, 2.75) is 26.2 Å². The Hall–Kier alpha value is -1.04. The molecule has 0 bridgehead atoms. The highest BCUT2D eigenvalue weighted by atomic mass is 14.1. The van der Waals surface area contributed by atoms with Crippen molar-refractivity contribution < 1.29 is 0 Å². The molecule has 0 saturated heterocycles. The lowest BCUT2D eigenvalue weighted by Gasteiger charge is -2.08. The topological polar surface area (TPSA) is 0 Å². The van der Waals surface area contributed by atoms with Crippen LogP contribution in [0.2, 0.25) is 0 Å². The van der Waals surface area contributed by atoms with Crippen molar-refractivity contribution in [2.24, 2.45) is 0 Å². The Morgan fingerprint density at radius 3 is 2.33 bits per heavy atom. The van der Waals surface area contributed by atoms with Gasteiger partial charge in [-0.25, -0.2) is 0 Å². The highest BCUT2D eigenvalue weighted by Crippen LogP contribution is 2.18. The van der Waals surface area contributed by atoms with E-state index in [-0.39, 0.29) is 0 Å². The summed E-state index contributed by atoms with van der Waals surface area (Å²) in [5, 5.41) is 0. The van der Waals surface area contributed by atoms with Gasteiger partial charge in [-0.05, 0) is 23.5 Å². The van der Waals surface area contributed by atoms with Gasteiger partial charge >= 0.3 is 0 Å². The van der Waals surface area contributed by atoms with Crippen LogP contribution >= 0.6 is 0 Å². The molecule has 0 aliphatic rings. The molecule has 0 unspecified atom stereocenters. The van der Waals surface area contributed by atoms with Crippen molar-refractivity contribution in [1.82, 2.24) is 0 Å². The number of rotatable bonds is 3. The first-order valence-electron chi connectivity index (χ1n) is 4.50. The van der Waals surface area contributed by atoms with Crippen LogP contribution in [-0.4, -0.2) is 0 Å². The van der Waals surface area contributed by atoms with Crippen LogP contribution in [0.25, 0.3) is 6.08 Å². The van der Waals surface area contributed by atoms with E-state index in [0.29, 0.717) is 5.92 Å². The van der Waals surface area contributed by atoms with Gasteiger partial charge in [-0.1, -0.05) is 50.8 Å². The molecule has 0 aliphatic carbocycles. The van der Waals surface area contributed by atoms with Crippen molar-refractivity contribution >= 4 is 6.08 Å². The second-order valence-electron chi connectivity index (χ2n) is 3.18. The fourth-order valence-corrected chi connectivity index (χ4v) is 1.20. The Labute approximate surface area is 74.9 Å². The van der Waals surface area contributed by atoms with Crippen LogP contribution in [0.15, 0.2) is 30.8 Å². The van der Waals surface area contributed by atoms with Gasteiger partial charge in [-0.15, -0.1) is 0 Å². The van der Waals surface area contributed by atoms with E-state index in [1.54, 1.807) is 0 Å². The zero-order valence-corrected chi connectivity index (χ0v) is 7.88. The first kappa shape index (κ1) is 9.05. The van der Waals surface area contributed by atoms with Gasteiger partial charge in [-0.3, -0.25) is 0 Å². The maximum absolute atomic E-state index is 3.73. The highest BCUT2D eigenvalue weighted by molar-refractivity contribution is 5.47. The lowest BCUT2D eigenvalue weighted by atomic mass is 9.98. The predicted molar refractivity (Wildman–Crippen MR) is 55.2 cm³/mol. The Morgan fingerprint density at radius 1 is 1.33 bits per heavy atom. The van der Waals surface area contributed by atoms with Crippen LogP contribution in [0.5, 0.6) is 0 Å². The maximum atomic E-state index is 3.73. The summed E-state index contributed by atoms with van der Waals surface area (Å²) in [6, 6.07) is 8.61. The van der Waals surface area contributed by atoms with E-state index >= 15 is 0 Å². The van der Waals surface area contributed by atoms with E-state index in [2.05, 4.69) is 44.7 Å². The fraction of sp³-hybridized carbons (Fsp3) is 0.333. The molecule has 0 N–H and O–H groups in total. The normalized spacial score (nSPS) is 12.5. The van der Waals surface area contributed by atoms with E-state index in [4.69, 9.17) is 0 Å². The van der Waals surface area contributed by atoms with Crippen LogP contribution in [0.3, 0.4) is 0 Å². The molecule has 0 radical (unpaired) electrons. The van der Waals surface area contributed by atoms with E-state index in [1.165, 1.54) is 17.5 Å². The van der Waals surface area contributed by atoms with E-state index in [1.807, 2.05) is 6.08 Å². The average molecular weight is 160 g/mol. The molecule has 0 spiro atoms. The molecule has 64 valence electrons. The smallest absolute Gasteiger partial charge is 0.0193 e. The minimum absolute atomic E-state index is 0.670. The summed E-state index contributed by atoms with van der Waals surface area (Å²) in [6.45, 7) is 8.19. The first-order valence-corrected chi connectivity index (χ1v) is 4.50. The Balaban J connectivity index is 2.84. The van der Waals surface area contributed by atoms with E-state index < -0.39 is 0 Å². The maximum Gasteiger partial charge on any atom is -0.0193 e. The molecule has 1 atom stereocenters. The van der Waals surface area contributed by atoms with Crippen LogP contribution in [0, 0.1) is 0 Å². The van der Waals surface area contributed by atoms with Gasteiger partial charge < -0.3 is 0 Å². The molecule has 12 heavy (non-hydrogen) atoms. The molecule has 0 nitrogen and oxygen atoms in total. The number of benzene rings is 1. The molecule has 0 aromatic heterocycles. The van der Waals surface area contributed by atoms with Gasteiger partial charge in [0, 0.05) is 0 Å². The van der Waals surface area contributed by atoms with E-state index in [0.717, 1.165) is 0 Å². The quantitative estimate of drug-likeness (QED) is 0.630. The number of hydrogen-bond acceptors (Lipinski definition) is 0. The zero-order valence-electron chi connectivity index (χ0n) is 7.88. The molecule has 0 aliphatic heterocycles. The third-order valence-corrected chi connectivity index (χ3v) is 2.35. The Bertz CT molecular complexity index is 243. The lowest BCUT2D eigenvalue weighted by molar-refractivity contribution is 0.733. The summed E-state index contributed by atoms with van der Waals surface area (Å²) in [5.74, 6) is 0.670. The van der Waals surface area contributed by atoms with Gasteiger partial charge in [-0.2, -0.15) is 0 Å². The van der Waals surface area contributed by atoms with Crippen LogP contribution in [-0.2, 0) is 0 Å². The van der Waals surface area contributed by atoms with Crippen molar-refractivity contribution in [1.29, 1.82) is 0 Å². The van der Waals surface area contributed by atoms with Gasteiger partial charge in [0.25, 0.3) is 0 Å². The van der Waals surface area contributed by atoms with Gasteiger partial charge in [0.1, 0.15) is 0 Å². The summed E-state index contributed by atoms with van der Waals surface area (Å²) >= 11 is 0. The van der Waals surface area contributed by atoms with Crippen molar-refractivity contribution in [3.8, 4) is 0 Å². The second-order valence-corrected chi connectivity index (χ2v) is 3.18. The third kappa shape index (κ3) is 1.97. The summed E-state index contributed by atoms with van der Waals surface area (Å²) in [5.41, 5.74) is 2.62. The van der Waals surface area contributed by atoms with Crippen molar-refractivity contribution in [3.63, 3.8) is 0 Å². The summed E-state index contributed by atoms with van der Waals surface area (Å²) in [6.07, 6.45) is 3.08. The van der Waals surface area contributed by atoms with Gasteiger partial charge in [0.2, 0.25) is 0 Å². The monoisotopic (exact) mass is 160 g/mol. The second kappa shape index (κ2) is 4.10. The molecule has 1 aromatic carbocycles.